The number of nitrogens with zero attached hydrogens (tertiary/aromatic N) is 5. The van der Waals surface area contributed by atoms with E-state index < -0.39 is 0 Å². The van der Waals surface area contributed by atoms with Crippen LogP contribution in [0.25, 0.3) is 16.9 Å². The molecular formula is C26H35ClN6O. The van der Waals surface area contributed by atoms with Crippen molar-refractivity contribution in [3.8, 4) is 5.82 Å². The molecule has 1 fully saturated rings. The highest BCUT2D eigenvalue weighted by Gasteiger charge is 2.27. The van der Waals surface area contributed by atoms with Gasteiger partial charge in [0.2, 0.25) is 0 Å². The van der Waals surface area contributed by atoms with Crippen molar-refractivity contribution in [2.45, 2.75) is 46.2 Å². The van der Waals surface area contributed by atoms with Gasteiger partial charge in [-0.1, -0.05) is 31.5 Å². The lowest BCUT2D eigenvalue weighted by Crippen LogP contribution is -2.54. The fraction of sp³-hybridized carbons (Fsp3) is 0.500. The van der Waals surface area contributed by atoms with Crippen LogP contribution >= 0.6 is 11.6 Å². The molecule has 0 radical (unpaired) electrons. The van der Waals surface area contributed by atoms with Gasteiger partial charge in [0.1, 0.15) is 11.5 Å². The van der Waals surface area contributed by atoms with Crippen LogP contribution in [0.1, 0.15) is 44.5 Å². The Balaban J connectivity index is 1.54. The van der Waals surface area contributed by atoms with Crippen molar-refractivity contribution in [3.63, 3.8) is 0 Å². The largest absolute Gasteiger partial charge is 0.350 e. The topological polar surface area (TPSA) is 66.3 Å². The molecule has 1 amide bonds. The van der Waals surface area contributed by atoms with Gasteiger partial charge in [0, 0.05) is 63.4 Å². The molecule has 34 heavy (non-hydrogen) atoms. The Morgan fingerprint density at radius 1 is 1.03 bits per heavy atom. The lowest BCUT2D eigenvalue weighted by Gasteiger charge is -2.41. The maximum Gasteiger partial charge on any atom is 0.253 e. The smallest absolute Gasteiger partial charge is 0.253 e. The van der Waals surface area contributed by atoms with Gasteiger partial charge in [-0.25, -0.2) is 9.97 Å². The lowest BCUT2D eigenvalue weighted by molar-refractivity contribution is 0.0675. The van der Waals surface area contributed by atoms with E-state index in [0.717, 1.165) is 32.6 Å². The van der Waals surface area contributed by atoms with Gasteiger partial charge in [0.15, 0.2) is 0 Å². The molecule has 0 aromatic carbocycles. The van der Waals surface area contributed by atoms with E-state index in [0.29, 0.717) is 52.0 Å². The molecule has 8 heteroatoms. The SMILES string of the molecule is CC(C)CC(CNC(=O)c1cn(-c2ccccn2)c2nccc(Cl)c12)N1CCN(C(C)C)CC1. The summed E-state index contributed by atoms with van der Waals surface area (Å²) in [4.78, 5) is 27.4. The van der Waals surface area contributed by atoms with Crippen molar-refractivity contribution >= 4 is 28.5 Å². The Kier molecular flexibility index (Phi) is 7.86. The number of fused-ring (bicyclic) bond motifs is 1. The number of pyridine rings is 2. The fourth-order valence-electron chi connectivity index (χ4n) is 4.79. The van der Waals surface area contributed by atoms with Crippen LogP contribution in [0.2, 0.25) is 5.02 Å². The van der Waals surface area contributed by atoms with Gasteiger partial charge in [-0.05, 0) is 44.4 Å². The van der Waals surface area contributed by atoms with Crippen molar-refractivity contribution in [2.75, 3.05) is 32.7 Å². The molecule has 1 aliphatic rings. The Morgan fingerprint density at radius 2 is 1.76 bits per heavy atom. The van der Waals surface area contributed by atoms with Crippen molar-refractivity contribution < 1.29 is 4.79 Å². The van der Waals surface area contributed by atoms with Crippen molar-refractivity contribution in [1.82, 2.24) is 29.7 Å². The fourth-order valence-corrected chi connectivity index (χ4v) is 5.03. The Hall–Kier alpha value is -2.48. The highest BCUT2D eigenvalue weighted by atomic mass is 35.5. The van der Waals surface area contributed by atoms with E-state index in [1.165, 1.54) is 0 Å². The van der Waals surface area contributed by atoms with Gasteiger partial charge < -0.3 is 5.32 Å². The molecular weight excluding hydrogens is 448 g/mol. The normalized spacial score (nSPS) is 16.4. The number of rotatable bonds is 8. The predicted molar refractivity (Wildman–Crippen MR) is 138 cm³/mol. The van der Waals surface area contributed by atoms with Gasteiger partial charge >= 0.3 is 0 Å². The zero-order chi connectivity index (χ0) is 24.2. The Bertz CT molecular complexity index is 1110. The highest BCUT2D eigenvalue weighted by molar-refractivity contribution is 6.36. The van der Waals surface area contributed by atoms with E-state index in [9.17, 15) is 4.79 Å². The summed E-state index contributed by atoms with van der Waals surface area (Å²) in [6.45, 7) is 13.8. The van der Waals surface area contributed by atoms with E-state index in [2.05, 4.69) is 52.8 Å². The second-order valence-electron chi connectivity index (χ2n) is 9.75. The maximum atomic E-state index is 13.4. The maximum absolute atomic E-state index is 13.4. The minimum atomic E-state index is -0.135. The van der Waals surface area contributed by atoms with Crippen LogP contribution in [0.3, 0.4) is 0 Å². The second-order valence-corrected chi connectivity index (χ2v) is 10.2. The zero-order valence-corrected chi connectivity index (χ0v) is 21.3. The Labute approximate surface area is 207 Å². The van der Waals surface area contributed by atoms with Crippen LogP contribution in [-0.4, -0.2) is 75.0 Å². The summed E-state index contributed by atoms with van der Waals surface area (Å²) in [5, 5.41) is 4.36. The summed E-state index contributed by atoms with van der Waals surface area (Å²) in [6, 6.07) is 8.25. The third kappa shape index (κ3) is 5.43. The van der Waals surface area contributed by atoms with Gasteiger partial charge in [-0.3, -0.25) is 19.2 Å². The molecule has 0 bridgehead atoms. The number of piperazine rings is 1. The van der Waals surface area contributed by atoms with Gasteiger partial charge in [-0.15, -0.1) is 0 Å². The first-order chi connectivity index (χ1) is 16.3. The van der Waals surface area contributed by atoms with Crippen molar-refractivity contribution in [1.29, 1.82) is 0 Å². The van der Waals surface area contributed by atoms with Crippen LogP contribution < -0.4 is 5.32 Å². The first-order valence-corrected chi connectivity index (χ1v) is 12.6. The van der Waals surface area contributed by atoms with Crippen LogP contribution in [-0.2, 0) is 0 Å². The second kappa shape index (κ2) is 10.8. The average Bonchev–Trinajstić information content (AvgIpc) is 3.23. The Morgan fingerprint density at radius 3 is 2.41 bits per heavy atom. The third-order valence-corrected chi connectivity index (χ3v) is 6.93. The number of aromatic nitrogens is 3. The minimum Gasteiger partial charge on any atom is -0.350 e. The molecule has 1 atom stereocenters. The highest BCUT2D eigenvalue weighted by Crippen LogP contribution is 2.29. The molecule has 182 valence electrons. The quantitative estimate of drug-likeness (QED) is 0.520. The van der Waals surface area contributed by atoms with Crippen LogP contribution in [0.5, 0.6) is 0 Å². The summed E-state index contributed by atoms with van der Waals surface area (Å²) >= 11 is 6.53. The van der Waals surface area contributed by atoms with E-state index >= 15 is 0 Å². The molecule has 1 aliphatic heterocycles. The summed E-state index contributed by atoms with van der Waals surface area (Å²) in [7, 11) is 0. The molecule has 7 nitrogen and oxygen atoms in total. The van der Waals surface area contributed by atoms with E-state index in [1.807, 2.05) is 22.8 Å². The summed E-state index contributed by atoms with van der Waals surface area (Å²) in [5.74, 6) is 1.11. The van der Waals surface area contributed by atoms with Crippen molar-refractivity contribution in [2.24, 2.45) is 5.92 Å². The van der Waals surface area contributed by atoms with E-state index in [4.69, 9.17) is 11.6 Å². The van der Waals surface area contributed by atoms with Crippen LogP contribution in [0.4, 0.5) is 0 Å². The number of halogens is 1. The summed E-state index contributed by atoms with van der Waals surface area (Å²) < 4.78 is 1.83. The number of nitrogens with one attached hydrogen (secondary N) is 1. The molecule has 1 saturated heterocycles. The van der Waals surface area contributed by atoms with Crippen LogP contribution in [0, 0.1) is 5.92 Å². The molecule has 1 unspecified atom stereocenters. The average molecular weight is 483 g/mol. The van der Waals surface area contributed by atoms with Gasteiger partial charge in [-0.2, -0.15) is 0 Å². The van der Waals surface area contributed by atoms with E-state index in [-0.39, 0.29) is 5.91 Å². The molecule has 3 aromatic heterocycles. The molecule has 0 aliphatic carbocycles. The number of hydrogen-bond acceptors (Lipinski definition) is 5. The van der Waals surface area contributed by atoms with Crippen molar-refractivity contribution in [3.05, 3.63) is 53.4 Å². The van der Waals surface area contributed by atoms with Crippen LogP contribution in [0.15, 0.2) is 42.9 Å². The minimum absolute atomic E-state index is 0.135. The first-order valence-electron chi connectivity index (χ1n) is 12.2. The molecule has 0 spiro atoms. The molecule has 4 rings (SSSR count). The van der Waals surface area contributed by atoms with E-state index in [1.54, 1.807) is 24.7 Å². The summed E-state index contributed by atoms with van der Waals surface area (Å²) in [5.41, 5.74) is 1.14. The molecule has 3 aromatic rings. The zero-order valence-electron chi connectivity index (χ0n) is 20.5. The van der Waals surface area contributed by atoms with Gasteiger partial charge in [0.25, 0.3) is 5.91 Å². The number of hydrogen-bond donors (Lipinski definition) is 1. The van der Waals surface area contributed by atoms with Gasteiger partial charge in [0.05, 0.1) is 16.0 Å². The standard InChI is InChI=1S/C26H35ClN6O/c1-18(2)15-20(32-13-11-31(12-14-32)19(3)4)16-30-26(34)21-17-33(23-7-5-6-9-28-23)25-24(21)22(27)8-10-29-25/h5-10,17-20H,11-16H2,1-4H3,(H,30,34). The summed E-state index contributed by atoms with van der Waals surface area (Å²) in [6.07, 6.45) is 6.21. The lowest BCUT2D eigenvalue weighted by atomic mass is 10.0. The molecule has 1 N–H and O–H groups in total. The number of carbonyl (C=O) groups is 1. The monoisotopic (exact) mass is 482 g/mol. The molecule has 4 heterocycles. The number of carbonyl (C=O) groups excluding carboxylic acids is 1. The third-order valence-electron chi connectivity index (χ3n) is 6.61. The predicted octanol–water partition coefficient (Wildman–Crippen LogP) is 4.24. The molecule has 0 saturated carbocycles. The number of amides is 1. The first kappa shape index (κ1) is 24.6.